The minimum Gasteiger partial charge on any atom is -0.391 e. The van der Waals surface area contributed by atoms with Crippen LogP contribution in [0.4, 0.5) is 0 Å². The van der Waals surface area contributed by atoms with Crippen molar-refractivity contribution in [2.75, 3.05) is 6.54 Å². The molecule has 20 heavy (non-hydrogen) atoms. The van der Waals surface area contributed by atoms with E-state index in [1.54, 1.807) is 12.3 Å². The van der Waals surface area contributed by atoms with Crippen molar-refractivity contribution in [3.63, 3.8) is 0 Å². The van der Waals surface area contributed by atoms with Gasteiger partial charge in [-0.15, -0.1) is 0 Å². The normalized spacial score (nSPS) is 12.4. The van der Waals surface area contributed by atoms with Crippen molar-refractivity contribution in [2.24, 2.45) is 5.92 Å². The number of aromatic nitrogens is 1. The average molecular weight is 345 g/mol. The maximum absolute atomic E-state index is 11.8. The van der Waals surface area contributed by atoms with Crippen molar-refractivity contribution < 1.29 is 9.90 Å². The van der Waals surface area contributed by atoms with Gasteiger partial charge in [-0.2, -0.15) is 0 Å². The fourth-order valence-corrected chi connectivity index (χ4v) is 2.43. The van der Waals surface area contributed by atoms with Gasteiger partial charge in [0.15, 0.2) is 0 Å². The Morgan fingerprint density at radius 3 is 2.65 bits per heavy atom. The van der Waals surface area contributed by atoms with E-state index < -0.39 is 6.10 Å². The number of rotatable bonds is 7. The molecule has 6 heteroatoms. The molecule has 1 heterocycles. The van der Waals surface area contributed by atoms with E-state index in [-0.39, 0.29) is 30.5 Å². The molecule has 0 aliphatic heterocycles. The predicted molar refractivity (Wildman–Crippen MR) is 81.5 cm³/mol. The van der Waals surface area contributed by atoms with E-state index in [2.05, 4.69) is 21.2 Å². The molecule has 0 fully saturated rings. The first kappa shape index (κ1) is 16.9. The maximum Gasteiger partial charge on any atom is 0.251 e. The van der Waals surface area contributed by atoms with E-state index in [0.717, 1.165) is 17.3 Å². The molecule has 0 aromatic carbocycles. The van der Waals surface area contributed by atoms with Gasteiger partial charge in [-0.1, -0.05) is 26.7 Å². The quantitative estimate of drug-likeness (QED) is 0.787. The minimum absolute atomic E-state index is 0.0477. The van der Waals surface area contributed by atoms with E-state index in [1.807, 2.05) is 13.8 Å². The van der Waals surface area contributed by atoms with Crippen LogP contribution in [0.15, 0.2) is 27.6 Å². The highest BCUT2D eigenvalue weighted by atomic mass is 79.9. The summed E-state index contributed by atoms with van der Waals surface area (Å²) in [6.45, 7) is 4.20. The van der Waals surface area contributed by atoms with Crippen LogP contribution in [0.1, 0.15) is 26.7 Å². The second-order valence-corrected chi connectivity index (χ2v) is 5.68. The first-order valence-electron chi connectivity index (χ1n) is 6.78. The molecule has 2 N–H and O–H groups in total. The molecule has 1 atom stereocenters. The maximum atomic E-state index is 11.8. The fraction of sp³-hybridized carbons (Fsp3) is 0.571. The number of halogens is 1. The molecular weight excluding hydrogens is 324 g/mol. The lowest BCUT2D eigenvalue weighted by Gasteiger charge is -2.20. The summed E-state index contributed by atoms with van der Waals surface area (Å²) < 4.78 is 2.06. The average Bonchev–Trinajstić information content (AvgIpc) is 2.42. The van der Waals surface area contributed by atoms with Crippen molar-refractivity contribution >= 4 is 21.8 Å². The Bertz CT molecular complexity index is 497. The van der Waals surface area contributed by atoms with Crippen LogP contribution in [0.5, 0.6) is 0 Å². The summed E-state index contributed by atoms with van der Waals surface area (Å²) in [6, 6.07) is 3.03. The predicted octanol–water partition coefficient (Wildman–Crippen LogP) is 1.52. The van der Waals surface area contributed by atoms with Crippen LogP contribution in [0.3, 0.4) is 0 Å². The van der Waals surface area contributed by atoms with E-state index in [4.69, 9.17) is 0 Å². The number of nitrogens with one attached hydrogen (secondary N) is 1. The number of hydrogen-bond acceptors (Lipinski definition) is 3. The van der Waals surface area contributed by atoms with Crippen LogP contribution in [-0.4, -0.2) is 28.2 Å². The molecule has 1 unspecified atom stereocenters. The molecule has 1 amide bonds. The number of hydrogen-bond donors (Lipinski definition) is 2. The van der Waals surface area contributed by atoms with Crippen molar-refractivity contribution in [1.82, 2.24) is 9.88 Å². The van der Waals surface area contributed by atoms with Crippen molar-refractivity contribution in [3.05, 3.63) is 33.2 Å². The molecule has 1 aromatic rings. The van der Waals surface area contributed by atoms with E-state index in [1.165, 1.54) is 10.6 Å². The molecule has 5 nitrogen and oxygen atoms in total. The van der Waals surface area contributed by atoms with Crippen LogP contribution in [0.25, 0.3) is 0 Å². The standard InChI is InChI=1S/C14H21BrN2O3/c1-3-10(4-2)12(18)7-16-13(19)9-17-8-11(15)5-6-14(17)20/h5-6,8,10,12,18H,3-4,7,9H2,1-2H3,(H,16,19). The summed E-state index contributed by atoms with van der Waals surface area (Å²) in [5.74, 6) is -0.0981. The summed E-state index contributed by atoms with van der Waals surface area (Å²) in [4.78, 5) is 23.3. The zero-order chi connectivity index (χ0) is 15.1. The third-order valence-corrected chi connectivity index (χ3v) is 3.83. The van der Waals surface area contributed by atoms with Gasteiger partial charge in [-0.25, -0.2) is 0 Å². The van der Waals surface area contributed by atoms with Crippen molar-refractivity contribution in [3.8, 4) is 0 Å². The molecule has 112 valence electrons. The molecule has 0 bridgehead atoms. The van der Waals surface area contributed by atoms with Crippen LogP contribution in [0, 0.1) is 5.92 Å². The SMILES string of the molecule is CCC(CC)C(O)CNC(=O)Cn1cc(Br)ccc1=O. The molecule has 0 saturated carbocycles. The first-order valence-corrected chi connectivity index (χ1v) is 7.58. The largest absolute Gasteiger partial charge is 0.391 e. The molecule has 0 saturated heterocycles. The number of aliphatic hydroxyl groups excluding tert-OH is 1. The summed E-state index contributed by atoms with van der Waals surface area (Å²) in [6.07, 6.45) is 2.77. The monoisotopic (exact) mass is 344 g/mol. The minimum atomic E-state index is -0.548. The summed E-state index contributed by atoms with van der Waals surface area (Å²) in [5, 5.41) is 12.6. The number of amides is 1. The number of carbonyl (C=O) groups excluding carboxylic acids is 1. The Balaban J connectivity index is 2.52. The summed E-state index contributed by atoms with van der Waals surface area (Å²) in [7, 11) is 0. The number of aliphatic hydroxyl groups is 1. The fourth-order valence-electron chi connectivity index (χ4n) is 2.05. The lowest BCUT2D eigenvalue weighted by atomic mass is 9.96. The lowest BCUT2D eigenvalue weighted by Crippen LogP contribution is -2.38. The highest BCUT2D eigenvalue weighted by molar-refractivity contribution is 9.10. The van der Waals surface area contributed by atoms with Gasteiger partial charge >= 0.3 is 0 Å². The zero-order valence-electron chi connectivity index (χ0n) is 11.8. The highest BCUT2D eigenvalue weighted by Gasteiger charge is 2.16. The van der Waals surface area contributed by atoms with Gasteiger partial charge in [-0.3, -0.25) is 9.59 Å². The van der Waals surface area contributed by atoms with E-state index in [0.29, 0.717) is 0 Å². The smallest absolute Gasteiger partial charge is 0.251 e. The van der Waals surface area contributed by atoms with Crippen LogP contribution >= 0.6 is 15.9 Å². The zero-order valence-corrected chi connectivity index (χ0v) is 13.4. The lowest BCUT2D eigenvalue weighted by molar-refractivity contribution is -0.122. The van der Waals surface area contributed by atoms with E-state index in [9.17, 15) is 14.7 Å². The molecule has 0 radical (unpaired) electrons. The number of nitrogens with zero attached hydrogens (tertiary/aromatic N) is 1. The van der Waals surface area contributed by atoms with Gasteiger partial charge in [0.2, 0.25) is 5.91 Å². The molecular formula is C14H21BrN2O3. The Hall–Kier alpha value is -1.14. The van der Waals surface area contributed by atoms with Gasteiger partial charge in [0.25, 0.3) is 5.56 Å². The van der Waals surface area contributed by atoms with Gasteiger partial charge < -0.3 is 15.0 Å². The van der Waals surface area contributed by atoms with Crippen molar-refractivity contribution in [2.45, 2.75) is 39.3 Å². The molecule has 0 aliphatic rings. The number of pyridine rings is 1. The highest BCUT2D eigenvalue weighted by Crippen LogP contribution is 2.12. The van der Waals surface area contributed by atoms with Gasteiger partial charge in [-0.05, 0) is 27.9 Å². The number of carbonyl (C=O) groups is 1. The Morgan fingerprint density at radius 1 is 1.40 bits per heavy atom. The third kappa shape index (κ3) is 5.09. The van der Waals surface area contributed by atoms with Gasteiger partial charge in [0.05, 0.1) is 6.10 Å². The van der Waals surface area contributed by atoms with Crippen LogP contribution in [0.2, 0.25) is 0 Å². The van der Waals surface area contributed by atoms with Crippen LogP contribution in [-0.2, 0) is 11.3 Å². The molecule has 1 rings (SSSR count). The Kier molecular flexibility index (Phi) is 6.95. The molecule has 0 spiro atoms. The summed E-state index contributed by atoms with van der Waals surface area (Å²) >= 11 is 3.25. The van der Waals surface area contributed by atoms with Crippen molar-refractivity contribution in [1.29, 1.82) is 0 Å². The molecule has 0 aliphatic carbocycles. The van der Waals surface area contributed by atoms with Gasteiger partial charge in [0.1, 0.15) is 6.54 Å². The third-order valence-electron chi connectivity index (χ3n) is 3.36. The Labute approximate surface area is 127 Å². The Morgan fingerprint density at radius 2 is 2.05 bits per heavy atom. The topological polar surface area (TPSA) is 71.3 Å². The van der Waals surface area contributed by atoms with E-state index >= 15 is 0 Å². The molecule has 1 aromatic heterocycles. The van der Waals surface area contributed by atoms with Gasteiger partial charge in [0, 0.05) is 23.3 Å². The van der Waals surface area contributed by atoms with Crippen LogP contribution < -0.4 is 10.9 Å². The first-order chi connectivity index (χ1) is 9.47. The summed E-state index contributed by atoms with van der Waals surface area (Å²) in [5.41, 5.74) is -0.233. The second-order valence-electron chi connectivity index (χ2n) is 4.76. The second kappa shape index (κ2) is 8.21.